The van der Waals surface area contributed by atoms with Crippen molar-refractivity contribution < 1.29 is 22.7 Å². The van der Waals surface area contributed by atoms with Crippen molar-refractivity contribution in [3.63, 3.8) is 0 Å². The van der Waals surface area contributed by atoms with E-state index in [2.05, 4.69) is 5.32 Å². The van der Waals surface area contributed by atoms with Crippen molar-refractivity contribution in [1.29, 1.82) is 0 Å². The standard InChI is InChI=1S/C27H39N3O5S/c1-8-22(26(32)28-27(4,5)6)29(18-21-16-14-20(3)15-17-21)25(31)19-30(36(7,33)34)23-12-10-11-13-24(23)35-9-2/h10-17,22H,8-9,18-19H2,1-7H3,(H,28,32)/t22-/m0/s1. The van der Waals surface area contributed by atoms with Crippen LogP contribution in [0, 0.1) is 6.92 Å². The Kier molecular flexibility index (Phi) is 9.93. The molecule has 0 radical (unpaired) electrons. The van der Waals surface area contributed by atoms with Crippen LogP contribution >= 0.6 is 0 Å². The number of amides is 2. The van der Waals surface area contributed by atoms with Gasteiger partial charge in [-0.05, 0) is 58.7 Å². The zero-order valence-electron chi connectivity index (χ0n) is 22.4. The van der Waals surface area contributed by atoms with Crippen molar-refractivity contribution in [2.75, 3.05) is 23.7 Å². The number of nitrogens with zero attached hydrogens (tertiary/aromatic N) is 2. The van der Waals surface area contributed by atoms with E-state index in [4.69, 9.17) is 4.74 Å². The van der Waals surface area contributed by atoms with Gasteiger partial charge in [0.05, 0.1) is 18.6 Å². The number of carbonyl (C=O) groups is 2. The number of ether oxygens (including phenoxy) is 1. The highest BCUT2D eigenvalue weighted by molar-refractivity contribution is 7.92. The quantitative estimate of drug-likeness (QED) is 0.488. The molecule has 2 aromatic rings. The summed E-state index contributed by atoms with van der Waals surface area (Å²) >= 11 is 0. The monoisotopic (exact) mass is 517 g/mol. The molecule has 0 heterocycles. The van der Waals surface area contributed by atoms with Gasteiger partial charge >= 0.3 is 0 Å². The van der Waals surface area contributed by atoms with Gasteiger partial charge in [-0.25, -0.2) is 8.42 Å². The van der Waals surface area contributed by atoms with Crippen molar-refractivity contribution in [2.24, 2.45) is 0 Å². The molecule has 2 rings (SSSR count). The largest absolute Gasteiger partial charge is 0.492 e. The topological polar surface area (TPSA) is 96.0 Å². The maximum atomic E-state index is 13.8. The number of benzene rings is 2. The number of hydrogen-bond donors (Lipinski definition) is 1. The molecule has 2 aromatic carbocycles. The van der Waals surface area contributed by atoms with Crippen molar-refractivity contribution >= 4 is 27.5 Å². The van der Waals surface area contributed by atoms with Gasteiger partial charge in [0, 0.05) is 12.1 Å². The van der Waals surface area contributed by atoms with Gasteiger partial charge in [-0.3, -0.25) is 13.9 Å². The minimum absolute atomic E-state index is 0.167. The van der Waals surface area contributed by atoms with Crippen LogP contribution in [0.4, 0.5) is 5.69 Å². The molecule has 0 aliphatic carbocycles. The van der Waals surface area contributed by atoms with Crippen LogP contribution in [0.5, 0.6) is 5.75 Å². The van der Waals surface area contributed by atoms with Crippen LogP contribution in [0.3, 0.4) is 0 Å². The fourth-order valence-electron chi connectivity index (χ4n) is 3.80. The SMILES string of the molecule is CCOc1ccccc1N(CC(=O)N(Cc1ccc(C)cc1)[C@@H](CC)C(=O)NC(C)(C)C)S(C)(=O)=O. The molecule has 0 bridgehead atoms. The molecule has 36 heavy (non-hydrogen) atoms. The van der Waals surface area contributed by atoms with Gasteiger partial charge in [0.2, 0.25) is 21.8 Å². The Morgan fingerprint density at radius 1 is 1.03 bits per heavy atom. The number of hydrogen-bond acceptors (Lipinski definition) is 5. The summed E-state index contributed by atoms with van der Waals surface area (Å²) in [6, 6.07) is 13.6. The average Bonchev–Trinajstić information content (AvgIpc) is 2.77. The lowest BCUT2D eigenvalue weighted by atomic mass is 10.1. The average molecular weight is 518 g/mol. The molecule has 2 amide bonds. The fraction of sp³-hybridized carbons (Fsp3) is 0.481. The highest BCUT2D eigenvalue weighted by atomic mass is 32.2. The lowest BCUT2D eigenvalue weighted by Gasteiger charge is -2.34. The third-order valence-electron chi connectivity index (χ3n) is 5.47. The molecule has 9 heteroatoms. The van der Waals surface area contributed by atoms with Crippen LogP contribution in [0.1, 0.15) is 52.2 Å². The van der Waals surface area contributed by atoms with E-state index < -0.39 is 34.1 Å². The number of aryl methyl sites for hydroxylation is 1. The molecule has 198 valence electrons. The Hall–Kier alpha value is -3.07. The molecule has 0 saturated heterocycles. The first-order valence-corrected chi connectivity index (χ1v) is 14.0. The lowest BCUT2D eigenvalue weighted by Crippen LogP contribution is -2.55. The maximum Gasteiger partial charge on any atom is 0.244 e. The predicted octanol–water partition coefficient (Wildman–Crippen LogP) is 3.88. The molecule has 0 fully saturated rings. The van der Waals surface area contributed by atoms with E-state index >= 15 is 0 Å². The second-order valence-corrected chi connectivity index (χ2v) is 11.7. The van der Waals surface area contributed by atoms with Gasteiger partial charge in [0.1, 0.15) is 18.3 Å². The van der Waals surface area contributed by atoms with Crippen LogP contribution in [0.25, 0.3) is 0 Å². The molecule has 0 aliphatic heterocycles. The summed E-state index contributed by atoms with van der Waals surface area (Å²) in [6.07, 6.45) is 1.42. The van der Waals surface area contributed by atoms with Gasteiger partial charge in [-0.1, -0.05) is 48.9 Å². The summed E-state index contributed by atoms with van der Waals surface area (Å²) in [5.74, 6) is -0.407. The van der Waals surface area contributed by atoms with Gasteiger partial charge in [0.15, 0.2) is 0 Å². The van der Waals surface area contributed by atoms with Crippen LogP contribution in [0.15, 0.2) is 48.5 Å². The summed E-state index contributed by atoms with van der Waals surface area (Å²) in [6.45, 7) is 11.3. The number of carbonyl (C=O) groups excluding carboxylic acids is 2. The summed E-state index contributed by atoms with van der Waals surface area (Å²) in [5.41, 5.74) is 1.71. The second-order valence-electron chi connectivity index (χ2n) is 9.84. The van der Waals surface area contributed by atoms with Crippen LogP contribution in [-0.2, 0) is 26.2 Å². The summed E-state index contributed by atoms with van der Waals surface area (Å²) in [4.78, 5) is 28.5. The van der Waals surface area contributed by atoms with E-state index in [1.165, 1.54) is 4.90 Å². The first-order valence-electron chi connectivity index (χ1n) is 12.1. The summed E-state index contributed by atoms with van der Waals surface area (Å²) in [5, 5.41) is 2.96. The van der Waals surface area contributed by atoms with Gasteiger partial charge in [-0.15, -0.1) is 0 Å². The van der Waals surface area contributed by atoms with E-state index in [-0.39, 0.29) is 18.1 Å². The Bertz CT molecular complexity index is 1140. The van der Waals surface area contributed by atoms with Gasteiger partial charge in [0.25, 0.3) is 0 Å². The molecule has 1 N–H and O–H groups in total. The van der Waals surface area contributed by atoms with Crippen molar-refractivity contribution in [3.8, 4) is 5.75 Å². The van der Waals surface area contributed by atoms with E-state index in [0.717, 1.165) is 21.7 Å². The molecule has 0 aromatic heterocycles. The highest BCUT2D eigenvalue weighted by Crippen LogP contribution is 2.30. The first-order chi connectivity index (χ1) is 16.8. The van der Waals surface area contributed by atoms with E-state index in [1.54, 1.807) is 31.2 Å². The van der Waals surface area contributed by atoms with Crippen molar-refractivity contribution in [1.82, 2.24) is 10.2 Å². The van der Waals surface area contributed by atoms with Crippen molar-refractivity contribution in [3.05, 3.63) is 59.7 Å². The van der Waals surface area contributed by atoms with Gasteiger partial charge in [-0.2, -0.15) is 0 Å². The summed E-state index contributed by atoms with van der Waals surface area (Å²) < 4.78 is 32.3. The Balaban J connectivity index is 2.49. The van der Waals surface area contributed by atoms with Crippen molar-refractivity contribution in [2.45, 2.75) is 66.1 Å². The highest BCUT2D eigenvalue weighted by Gasteiger charge is 2.33. The Morgan fingerprint density at radius 2 is 1.64 bits per heavy atom. The van der Waals surface area contributed by atoms with Gasteiger partial charge < -0.3 is 15.0 Å². The molecule has 8 nitrogen and oxygen atoms in total. The normalized spacial score (nSPS) is 12.5. The number of para-hydroxylation sites is 2. The molecule has 0 spiro atoms. The van der Waals surface area contributed by atoms with E-state index in [9.17, 15) is 18.0 Å². The minimum atomic E-state index is -3.84. The molecule has 1 atom stereocenters. The van der Waals surface area contributed by atoms with Crippen LogP contribution < -0.4 is 14.4 Å². The third kappa shape index (κ3) is 8.26. The molecule has 0 unspecified atom stereocenters. The van der Waals surface area contributed by atoms with Crippen LogP contribution in [-0.4, -0.2) is 56.1 Å². The second kappa shape index (κ2) is 12.3. The molecular formula is C27H39N3O5S. The third-order valence-corrected chi connectivity index (χ3v) is 6.60. The Labute approximate surface area is 215 Å². The molecule has 0 aliphatic rings. The number of sulfonamides is 1. The first kappa shape index (κ1) is 29.2. The number of rotatable bonds is 11. The predicted molar refractivity (Wildman–Crippen MR) is 144 cm³/mol. The minimum Gasteiger partial charge on any atom is -0.492 e. The van der Waals surface area contributed by atoms with E-state index in [1.807, 2.05) is 58.9 Å². The number of nitrogens with one attached hydrogen (secondary N) is 1. The number of anilines is 1. The molecule has 0 saturated carbocycles. The summed E-state index contributed by atoms with van der Waals surface area (Å²) in [7, 11) is -3.84. The zero-order valence-corrected chi connectivity index (χ0v) is 23.2. The molecular weight excluding hydrogens is 478 g/mol. The lowest BCUT2D eigenvalue weighted by molar-refractivity contribution is -0.141. The Morgan fingerprint density at radius 3 is 2.17 bits per heavy atom. The smallest absolute Gasteiger partial charge is 0.244 e. The van der Waals surface area contributed by atoms with E-state index in [0.29, 0.717) is 18.8 Å². The zero-order chi connectivity index (χ0) is 27.1. The van der Waals surface area contributed by atoms with Crippen LogP contribution in [0.2, 0.25) is 0 Å². The fourth-order valence-corrected chi connectivity index (χ4v) is 4.65. The maximum absolute atomic E-state index is 13.8.